The summed E-state index contributed by atoms with van der Waals surface area (Å²) in [5.41, 5.74) is 1.31. The van der Waals surface area contributed by atoms with Gasteiger partial charge in [-0.3, -0.25) is 0 Å². The summed E-state index contributed by atoms with van der Waals surface area (Å²) in [6.07, 6.45) is 7.61. The highest BCUT2D eigenvalue weighted by atomic mass is 28.4. The molecule has 0 aromatic carbocycles. The van der Waals surface area contributed by atoms with Crippen molar-refractivity contribution in [2.24, 2.45) is 0 Å². The first-order valence-electron chi connectivity index (χ1n) is 7.45. The average molecular weight is 258 g/mol. The molecule has 1 saturated carbocycles. The summed E-state index contributed by atoms with van der Waals surface area (Å²) in [4.78, 5) is 0. The van der Waals surface area contributed by atoms with Gasteiger partial charge in [-0.1, -0.05) is 40.5 Å². The summed E-state index contributed by atoms with van der Waals surface area (Å²) in [5.74, 6) is 0. The first-order valence-corrected chi connectivity index (χ1v) is 9.42. The minimum absolute atomic E-state index is 0.573. The molecule has 0 aliphatic heterocycles. The minimum Gasteiger partial charge on any atom is -0.394 e. The van der Waals surface area contributed by atoms with E-state index in [1.165, 1.54) is 25.7 Å². The standard InChI is InChI=1S/C14H30O2Si/c1-5-11-15-17(13(3)4,16-12-6-2)14-9-7-8-10-14/h13-14H,5-12H2,1-4H3. The van der Waals surface area contributed by atoms with Gasteiger partial charge in [0.25, 0.3) is 0 Å². The zero-order valence-electron chi connectivity index (χ0n) is 12.1. The van der Waals surface area contributed by atoms with Gasteiger partial charge in [0.15, 0.2) is 0 Å². The van der Waals surface area contributed by atoms with Crippen molar-refractivity contribution in [1.82, 2.24) is 0 Å². The number of hydrogen-bond acceptors (Lipinski definition) is 2. The van der Waals surface area contributed by atoms with Crippen LogP contribution in [0, 0.1) is 0 Å². The molecule has 0 atom stereocenters. The topological polar surface area (TPSA) is 18.5 Å². The molecule has 0 aromatic heterocycles. The maximum atomic E-state index is 6.34. The van der Waals surface area contributed by atoms with Gasteiger partial charge < -0.3 is 8.85 Å². The molecule has 17 heavy (non-hydrogen) atoms. The molecule has 1 rings (SSSR count). The molecule has 1 aliphatic rings. The van der Waals surface area contributed by atoms with E-state index in [-0.39, 0.29) is 0 Å². The van der Waals surface area contributed by atoms with Crippen molar-refractivity contribution < 1.29 is 8.85 Å². The Morgan fingerprint density at radius 2 is 1.47 bits per heavy atom. The van der Waals surface area contributed by atoms with Crippen LogP contribution in [-0.4, -0.2) is 21.8 Å². The first-order chi connectivity index (χ1) is 8.17. The fourth-order valence-electron chi connectivity index (χ4n) is 2.93. The Balaban J connectivity index is 2.75. The Morgan fingerprint density at radius 3 is 1.82 bits per heavy atom. The smallest absolute Gasteiger partial charge is 0.344 e. The van der Waals surface area contributed by atoms with Gasteiger partial charge in [-0.2, -0.15) is 0 Å². The SMILES string of the molecule is CCCO[Si](OCCC)(C(C)C)C1CCCC1. The molecule has 0 radical (unpaired) electrons. The summed E-state index contributed by atoms with van der Waals surface area (Å²) in [6, 6.07) is 0. The first kappa shape index (κ1) is 15.2. The van der Waals surface area contributed by atoms with Crippen LogP contribution in [0.15, 0.2) is 0 Å². The molecular weight excluding hydrogens is 228 g/mol. The van der Waals surface area contributed by atoms with E-state index in [9.17, 15) is 0 Å². The highest BCUT2D eigenvalue weighted by molar-refractivity contribution is 6.70. The van der Waals surface area contributed by atoms with Gasteiger partial charge in [0.2, 0.25) is 0 Å². The van der Waals surface area contributed by atoms with Gasteiger partial charge in [-0.25, -0.2) is 0 Å². The summed E-state index contributed by atoms with van der Waals surface area (Å²) in [7, 11) is -1.98. The lowest BCUT2D eigenvalue weighted by Gasteiger charge is -2.39. The maximum Gasteiger partial charge on any atom is 0.344 e. The van der Waals surface area contributed by atoms with E-state index in [2.05, 4.69) is 27.7 Å². The van der Waals surface area contributed by atoms with E-state index >= 15 is 0 Å². The lowest BCUT2D eigenvalue weighted by atomic mass is 10.4. The van der Waals surface area contributed by atoms with Gasteiger partial charge >= 0.3 is 8.56 Å². The van der Waals surface area contributed by atoms with Gasteiger partial charge in [-0.05, 0) is 31.2 Å². The molecular formula is C14H30O2Si. The Morgan fingerprint density at radius 1 is 1.00 bits per heavy atom. The molecule has 0 saturated heterocycles. The van der Waals surface area contributed by atoms with Gasteiger partial charge in [0.1, 0.15) is 0 Å². The van der Waals surface area contributed by atoms with E-state index < -0.39 is 8.56 Å². The van der Waals surface area contributed by atoms with Crippen molar-refractivity contribution in [3.05, 3.63) is 0 Å². The molecule has 0 N–H and O–H groups in total. The lowest BCUT2D eigenvalue weighted by molar-refractivity contribution is 0.150. The van der Waals surface area contributed by atoms with Crippen LogP contribution < -0.4 is 0 Å². The lowest BCUT2D eigenvalue weighted by Crippen LogP contribution is -2.49. The Kier molecular flexibility index (Phi) is 6.74. The van der Waals surface area contributed by atoms with Gasteiger partial charge in [-0.15, -0.1) is 0 Å². The van der Waals surface area contributed by atoms with Crippen molar-refractivity contribution in [1.29, 1.82) is 0 Å². The third-order valence-corrected chi connectivity index (χ3v) is 8.43. The second kappa shape index (κ2) is 7.55. The third-order valence-electron chi connectivity index (χ3n) is 3.79. The Hall–Kier alpha value is 0.137. The van der Waals surface area contributed by atoms with Crippen molar-refractivity contribution in [3.63, 3.8) is 0 Å². The Bertz CT molecular complexity index is 192. The summed E-state index contributed by atoms with van der Waals surface area (Å²) >= 11 is 0. The zero-order valence-corrected chi connectivity index (χ0v) is 13.1. The third kappa shape index (κ3) is 3.80. The van der Waals surface area contributed by atoms with E-state index in [1.807, 2.05) is 0 Å². The highest BCUT2D eigenvalue weighted by Crippen LogP contribution is 2.45. The van der Waals surface area contributed by atoms with Crippen LogP contribution >= 0.6 is 0 Å². The molecule has 0 unspecified atom stereocenters. The van der Waals surface area contributed by atoms with Crippen LogP contribution in [0.1, 0.15) is 66.2 Å². The van der Waals surface area contributed by atoms with E-state index in [0.717, 1.165) is 31.6 Å². The van der Waals surface area contributed by atoms with Crippen LogP contribution in [0.2, 0.25) is 11.1 Å². The maximum absolute atomic E-state index is 6.34. The quantitative estimate of drug-likeness (QED) is 0.591. The van der Waals surface area contributed by atoms with Crippen molar-refractivity contribution >= 4 is 8.56 Å². The van der Waals surface area contributed by atoms with Crippen LogP contribution in [-0.2, 0) is 8.85 Å². The fraction of sp³-hybridized carbons (Fsp3) is 1.00. The molecule has 1 fully saturated rings. The van der Waals surface area contributed by atoms with Crippen molar-refractivity contribution in [3.8, 4) is 0 Å². The largest absolute Gasteiger partial charge is 0.394 e. The predicted octanol–water partition coefficient (Wildman–Crippen LogP) is 4.64. The molecule has 0 bridgehead atoms. The van der Waals surface area contributed by atoms with E-state index in [1.54, 1.807) is 0 Å². The molecule has 1 aliphatic carbocycles. The van der Waals surface area contributed by atoms with Crippen LogP contribution in [0.3, 0.4) is 0 Å². The second-order valence-corrected chi connectivity index (χ2v) is 9.55. The fourth-order valence-corrected chi connectivity index (χ4v) is 7.36. The van der Waals surface area contributed by atoms with Crippen LogP contribution in [0.4, 0.5) is 0 Å². The molecule has 2 nitrogen and oxygen atoms in total. The highest BCUT2D eigenvalue weighted by Gasteiger charge is 2.49. The van der Waals surface area contributed by atoms with Crippen LogP contribution in [0.5, 0.6) is 0 Å². The molecule has 0 amide bonds. The second-order valence-electron chi connectivity index (χ2n) is 5.55. The van der Waals surface area contributed by atoms with Gasteiger partial charge in [0, 0.05) is 18.8 Å². The van der Waals surface area contributed by atoms with E-state index in [4.69, 9.17) is 8.85 Å². The normalized spacial score (nSPS) is 18.2. The van der Waals surface area contributed by atoms with Crippen molar-refractivity contribution in [2.45, 2.75) is 77.3 Å². The number of rotatable bonds is 8. The van der Waals surface area contributed by atoms with Crippen molar-refractivity contribution in [2.75, 3.05) is 13.2 Å². The summed E-state index contributed by atoms with van der Waals surface area (Å²) < 4.78 is 12.7. The molecule has 0 heterocycles. The van der Waals surface area contributed by atoms with Crippen LogP contribution in [0.25, 0.3) is 0 Å². The molecule has 102 valence electrons. The monoisotopic (exact) mass is 258 g/mol. The number of hydrogen-bond donors (Lipinski definition) is 0. The summed E-state index contributed by atoms with van der Waals surface area (Å²) in [5, 5.41) is 0. The summed E-state index contributed by atoms with van der Waals surface area (Å²) in [6.45, 7) is 10.7. The predicted molar refractivity (Wildman–Crippen MR) is 75.6 cm³/mol. The molecule has 0 spiro atoms. The molecule has 3 heteroatoms. The average Bonchev–Trinajstić information content (AvgIpc) is 2.83. The molecule has 0 aromatic rings. The van der Waals surface area contributed by atoms with E-state index in [0.29, 0.717) is 5.54 Å². The zero-order chi connectivity index (χ0) is 12.7. The Labute approximate surface area is 108 Å². The van der Waals surface area contributed by atoms with Gasteiger partial charge in [0.05, 0.1) is 0 Å². The minimum atomic E-state index is -1.98.